The Hall–Kier alpha value is -1.53. The molecule has 1 aromatic carbocycles. The molecule has 0 unspecified atom stereocenters. The summed E-state index contributed by atoms with van der Waals surface area (Å²) in [4.78, 5) is 46.0. The number of ether oxygens (including phenoxy) is 1. The molecule has 0 fully saturated rings. The van der Waals surface area contributed by atoms with Gasteiger partial charge >= 0.3 is 6.09 Å². The van der Waals surface area contributed by atoms with Crippen LogP contribution in [-0.4, -0.2) is 54.1 Å². The maximum absolute atomic E-state index is 11.9. The molecule has 0 saturated carbocycles. The molecule has 12 heteroatoms. The first-order valence-electron chi connectivity index (χ1n) is 9.40. The van der Waals surface area contributed by atoms with Gasteiger partial charge in [0.15, 0.2) is 0 Å². The van der Waals surface area contributed by atoms with E-state index in [1.165, 1.54) is 6.92 Å². The molecule has 169 valence electrons. The molecule has 31 heavy (non-hydrogen) atoms. The normalized spacial score (nSPS) is 13.2. The van der Waals surface area contributed by atoms with Gasteiger partial charge in [-0.2, -0.15) is 12.6 Å². The summed E-state index contributed by atoms with van der Waals surface area (Å²) < 4.78 is 5.15. The molecule has 3 atom stereocenters. The largest absolute Gasteiger partial charge is 0.412 e. The van der Waals surface area contributed by atoms with Gasteiger partial charge in [-0.05, 0) is 43.9 Å². The van der Waals surface area contributed by atoms with Crippen LogP contribution in [0.3, 0.4) is 0 Å². The average molecular weight is 528 g/mol. The molecule has 10 nitrogen and oxygen atoms in total. The Kier molecular flexibility index (Phi) is 14.6. The molecule has 0 aliphatic rings. The van der Waals surface area contributed by atoms with E-state index in [9.17, 15) is 19.2 Å². The molecule has 1 radical (unpaired) electrons. The van der Waals surface area contributed by atoms with Crippen molar-refractivity contribution in [1.29, 1.82) is 0 Å². The van der Waals surface area contributed by atoms with Crippen LogP contribution in [0.2, 0.25) is 0 Å². The predicted molar refractivity (Wildman–Crippen MR) is 115 cm³/mol. The Morgan fingerprint density at radius 1 is 1.10 bits per heavy atom. The van der Waals surface area contributed by atoms with Crippen LogP contribution in [0.5, 0.6) is 5.75 Å². The molecule has 1 aromatic rings. The van der Waals surface area contributed by atoms with Crippen LogP contribution in [0, 0.1) is 0 Å². The molecule has 0 bridgehead atoms. The first kappa shape index (κ1) is 29.5. The molecule has 8 N–H and O–H groups in total. The van der Waals surface area contributed by atoms with Gasteiger partial charge in [-0.1, -0.05) is 12.1 Å². The molecule has 0 heterocycles. The first-order chi connectivity index (χ1) is 14.1. The fourth-order valence-corrected chi connectivity index (χ4v) is 2.63. The zero-order valence-electron chi connectivity index (χ0n) is 17.4. The Morgan fingerprint density at radius 3 is 2.23 bits per heavy atom. The summed E-state index contributed by atoms with van der Waals surface area (Å²) in [6, 6.07) is 4.38. The monoisotopic (exact) mass is 528 g/mol. The number of rotatable bonds is 12. The van der Waals surface area contributed by atoms with E-state index in [4.69, 9.17) is 21.9 Å². The molecule has 0 spiro atoms. The summed E-state index contributed by atoms with van der Waals surface area (Å²) >= 11 is 3.94. The molecular weight excluding hydrogens is 499 g/mol. The number of nitrogens with one attached hydrogen (secondary N) is 2. The van der Waals surface area contributed by atoms with Gasteiger partial charge in [0.05, 0.1) is 12.1 Å². The molecule has 1 rings (SSSR count). The van der Waals surface area contributed by atoms with Gasteiger partial charge in [-0.15, -0.1) is 0 Å². The third-order valence-corrected chi connectivity index (χ3v) is 4.62. The van der Waals surface area contributed by atoms with E-state index < -0.39 is 36.0 Å². The van der Waals surface area contributed by atoms with Crippen LogP contribution in [0.1, 0.15) is 25.3 Å². The van der Waals surface area contributed by atoms with Crippen molar-refractivity contribution in [2.45, 2.75) is 44.3 Å². The van der Waals surface area contributed by atoms with Crippen LogP contribution in [-0.2, 0) is 53.5 Å². The van der Waals surface area contributed by atoms with Crippen LogP contribution in [0.15, 0.2) is 24.3 Å². The smallest absolute Gasteiger partial charge is 0.410 e. The number of hydrogen-bond acceptors (Lipinski definition) is 8. The molecule has 3 amide bonds. The predicted octanol–water partition coefficient (Wildman–Crippen LogP) is -0.761. The van der Waals surface area contributed by atoms with Crippen LogP contribution in [0.4, 0.5) is 4.79 Å². The minimum absolute atomic E-state index is 0. The number of ketones is 1. The Balaban J connectivity index is 0.00000900. The Bertz CT molecular complexity index is 750. The van der Waals surface area contributed by atoms with Gasteiger partial charge in [0.1, 0.15) is 17.6 Å². The summed E-state index contributed by atoms with van der Waals surface area (Å²) in [6.07, 6.45) is 0.470. The van der Waals surface area contributed by atoms with E-state index >= 15 is 0 Å². The second-order valence-electron chi connectivity index (χ2n) is 6.78. The number of carbonyl (C=O) groups is 4. The van der Waals surface area contributed by atoms with E-state index in [1.807, 2.05) is 0 Å². The Labute approximate surface area is 212 Å². The number of amides is 3. The number of hydrogen-bond donors (Lipinski definition) is 6. The molecule has 0 aromatic heterocycles. The number of primary amides is 1. The van der Waals surface area contributed by atoms with Gasteiger partial charge in [-0.3, -0.25) is 14.4 Å². The van der Waals surface area contributed by atoms with Crippen molar-refractivity contribution in [1.82, 2.24) is 10.6 Å². The minimum atomic E-state index is -0.885. The topological polar surface area (TPSA) is 180 Å². The third-order valence-electron chi connectivity index (χ3n) is 4.25. The van der Waals surface area contributed by atoms with Crippen LogP contribution < -0.4 is 32.6 Å². The van der Waals surface area contributed by atoms with E-state index in [2.05, 4.69) is 23.3 Å². The third kappa shape index (κ3) is 11.6. The maximum Gasteiger partial charge on any atom is 0.412 e. The maximum atomic E-state index is 11.9. The van der Waals surface area contributed by atoms with Gasteiger partial charge in [0.2, 0.25) is 11.8 Å². The van der Waals surface area contributed by atoms with Crippen LogP contribution >= 0.6 is 12.6 Å². The summed E-state index contributed by atoms with van der Waals surface area (Å²) in [5.41, 5.74) is 17.5. The summed E-state index contributed by atoms with van der Waals surface area (Å²) in [5, 5.41) is 4.98. The number of thiol groups is 1. The van der Waals surface area contributed by atoms with E-state index in [0.717, 1.165) is 5.56 Å². The van der Waals surface area contributed by atoms with E-state index in [0.29, 0.717) is 18.6 Å². The van der Waals surface area contributed by atoms with Crippen LogP contribution in [0.25, 0.3) is 0 Å². The van der Waals surface area contributed by atoms with Crippen molar-refractivity contribution in [3.8, 4) is 5.75 Å². The SMILES string of the molecule is CC(=O)[C@@H](N)Cc1ccc(OC(=O)NCCC[C@H](N)C(=O)N[C@@H](CS)C(N)=O)cc1.[Y]. The zero-order chi connectivity index (χ0) is 22.7. The zero-order valence-corrected chi connectivity index (χ0v) is 21.1. The minimum Gasteiger partial charge on any atom is -0.410 e. The van der Waals surface area contributed by atoms with Gasteiger partial charge in [0.25, 0.3) is 0 Å². The van der Waals surface area contributed by atoms with E-state index in [1.54, 1.807) is 24.3 Å². The number of carbonyl (C=O) groups excluding carboxylic acids is 4. The van der Waals surface area contributed by atoms with Gasteiger partial charge in [-0.25, -0.2) is 4.79 Å². The number of Topliss-reactive ketones (excluding diaryl/α,β-unsaturated/α-hetero) is 1. The first-order valence-corrected chi connectivity index (χ1v) is 10.0. The van der Waals surface area contributed by atoms with Crippen molar-refractivity contribution in [3.63, 3.8) is 0 Å². The molecular formula is C19H29N5O5SY. The van der Waals surface area contributed by atoms with Crippen molar-refractivity contribution in [2.24, 2.45) is 17.2 Å². The van der Waals surface area contributed by atoms with Gasteiger partial charge in [0, 0.05) is 45.0 Å². The summed E-state index contributed by atoms with van der Waals surface area (Å²) in [7, 11) is 0. The molecule has 0 saturated heterocycles. The van der Waals surface area contributed by atoms with Crippen molar-refractivity contribution >= 4 is 36.3 Å². The second-order valence-corrected chi connectivity index (χ2v) is 7.14. The van der Waals surface area contributed by atoms with Crippen molar-refractivity contribution < 1.29 is 56.6 Å². The molecule has 0 aliphatic carbocycles. The second kappa shape index (κ2) is 15.3. The molecule has 0 aliphatic heterocycles. The quantitative estimate of drug-likeness (QED) is 0.152. The standard InChI is InChI=1S/C19H29N5O5S.Y/c1-11(25)15(21)9-12-4-6-13(7-5-12)29-19(28)23-8-2-3-14(20)18(27)24-16(10-30)17(22)26;/h4-7,14-16,30H,2-3,8-10,20-21H2,1H3,(H2,22,26)(H,23,28)(H,24,27);/t14-,15-,16-;/m0./s1. The van der Waals surface area contributed by atoms with Crippen molar-refractivity contribution in [3.05, 3.63) is 29.8 Å². The van der Waals surface area contributed by atoms with Crippen molar-refractivity contribution in [2.75, 3.05) is 12.3 Å². The number of nitrogens with two attached hydrogens (primary N) is 3. The van der Waals surface area contributed by atoms with E-state index in [-0.39, 0.29) is 57.2 Å². The summed E-state index contributed by atoms with van der Waals surface area (Å²) in [6.45, 7) is 1.68. The van der Waals surface area contributed by atoms with Gasteiger partial charge < -0.3 is 32.6 Å². The summed E-state index contributed by atoms with van der Waals surface area (Å²) in [5.74, 6) is -0.884. The number of benzene rings is 1. The fourth-order valence-electron chi connectivity index (χ4n) is 2.36. The fraction of sp³-hybridized carbons (Fsp3) is 0.474. The average Bonchev–Trinajstić information content (AvgIpc) is 2.70. The Morgan fingerprint density at radius 2 is 1.71 bits per heavy atom.